The van der Waals surface area contributed by atoms with Crippen LogP contribution in [0, 0.1) is 0 Å². The van der Waals surface area contributed by atoms with E-state index < -0.39 is 0 Å². The molecule has 0 radical (unpaired) electrons. The van der Waals surface area contributed by atoms with Gasteiger partial charge in [-0.1, -0.05) is 19.9 Å². The van der Waals surface area contributed by atoms with E-state index in [-0.39, 0.29) is 5.91 Å². The van der Waals surface area contributed by atoms with E-state index >= 15 is 0 Å². The molecule has 106 valence electrons. The molecule has 0 aliphatic carbocycles. The van der Waals surface area contributed by atoms with Gasteiger partial charge in [0.2, 0.25) is 5.91 Å². The van der Waals surface area contributed by atoms with Crippen LogP contribution in [0.25, 0.3) is 6.08 Å². The van der Waals surface area contributed by atoms with Crippen molar-refractivity contribution >= 4 is 23.3 Å². The van der Waals surface area contributed by atoms with Gasteiger partial charge in [-0.3, -0.25) is 9.69 Å². The first-order chi connectivity index (χ1) is 9.08. The van der Waals surface area contributed by atoms with Crippen LogP contribution in [0.4, 0.5) is 0 Å². The minimum absolute atomic E-state index is 0.0207. The third kappa shape index (κ3) is 5.17. The Morgan fingerprint density at radius 2 is 2.16 bits per heavy atom. The molecule has 1 unspecified atom stereocenters. The molecule has 1 heterocycles. The SMILES string of the molecule is CCN(CC)C(C)CNC(=O)/C(C)=C/c1cccs1. The summed E-state index contributed by atoms with van der Waals surface area (Å²) in [5, 5.41) is 5.01. The molecule has 3 nitrogen and oxygen atoms in total. The smallest absolute Gasteiger partial charge is 0.247 e. The van der Waals surface area contributed by atoms with E-state index in [1.807, 2.05) is 30.5 Å². The third-order valence-corrected chi connectivity index (χ3v) is 4.07. The summed E-state index contributed by atoms with van der Waals surface area (Å²) in [6, 6.07) is 4.37. The molecule has 1 atom stereocenters. The molecule has 1 N–H and O–H groups in total. The van der Waals surface area contributed by atoms with Crippen molar-refractivity contribution in [3.8, 4) is 0 Å². The maximum Gasteiger partial charge on any atom is 0.247 e. The van der Waals surface area contributed by atoms with E-state index in [2.05, 4.69) is 31.0 Å². The van der Waals surface area contributed by atoms with Crippen molar-refractivity contribution in [1.82, 2.24) is 10.2 Å². The summed E-state index contributed by atoms with van der Waals surface area (Å²) < 4.78 is 0. The fraction of sp³-hybridized carbons (Fsp3) is 0.533. The van der Waals surface area contributed by atoms with Crippen LogP contribution in [0.1, 0.15) is 32.6 Å². The van der Waals surface area contributed by atoms with E-state index in [1.165, 1.54) is 0 Å². The van der Waals surface area contributed by atoms with Gasteiger partial charge in [-0.25, -0.2) is 0 Å². The highest BCUT2D eigenvalue weighted by atomic mass is 32.1. The molecule has 0 spiro atoms. The van der Waals surface area contributed by atoms with E-state index in [9.17, 15) is 4.79 Å². The Morgan fingerprint density at radius 1 is 1.47 bits per heavy atom. The number of amides is 1. The summed E-state index contributed by atoms with van der Waals surface area (Å²) in [6.07, 6.45) is 1.93. The van der Waals surface area contributed by atoms with Crippen molar-refractivity contribution in [2.75, 3.05) is 19.6 Å². The molecule has 0 aliphatic heterocycles. The number of hydrogen-bond acceptors (Lipinski definition) is 3. The number of carbonyl (C=O) groups excluding carboxylic acids is 1. The summed E-state index contributed by atoms with van der Waals surface area (Å²) in [6.45, 7) is 11.0. The molecule has 1 amide bonds. The minimum Gasteiger partial charge on any atom is -0.351 e. The summed E-state index contributed by atoms with van der Waals surface area (Å²) in [5.74, 6) is 0.0207. The van der Waals surface area contributed by atoms with Gasteiger partial charge in [0.1, 0.15) is 0 Å². The van der Waals surface area contributed by atoms with Crippen molar-refractivity contribution < 1.29 is 4.79 Å². The predicted molar refractivity (Wildman–Crippen MR) is 83.4 cm³/mol. The quantitative estimate of drug-likeness (QED) is 0.779. The topological polar surface area (TPSA) is 32.3 Å². The first-order valence-corrected chi connectivity index (χ1v) is 7.70. The maximum absolute atomic E-state index is 12.0. The van der Waals surface area contributed by atoms with Crippen molar-refractivity contribution in [1.29, 1.82) is 0 Å². The molecule has 0 saturated carbocycles. The van der Waals surface area contributed by atoms with Gasteiger partial charge < -0.3 is 5.32 Å². The summed E-state index contributed by atoms with van der Waals surface area (Å²) >= 11 is 1.64. The van der Waals surface area contributed by atoms with E-state index in [0.29, 0.717) is 12.6 Å². The average molecular weight is 280 g/mol. The van der Waals surface area contributed by atoms with Crippen molar-refractivity contribution in [2.45, 2.75) is 33.7 Å². The number of nitrogens with zero attached hydrogens (tertiary/aromatic N) is 1. The highest BCUT2D eigenvalue weighted by Gasteiger charge is 2.11. The second kappa shape index (κ2) is 8.12. The Bertz CT molecular complexity index is 408. The number of thiophene rings is 1. The van der Waals surface area contributed by atoms with Crippen LogP contribution in [-0.2, 0) is 4.79 Å². The summed E-state index contributed by atoms with van der Waals surface area (Å²) in [5.41, 5.74) is 0.759. The molecule has 1 aromatic heterocycles. The first-order valence-electron chi connectivity index (χ1n) is 6.82. The van der Waals surface area contributed by atoms with Gasteiger partial charge >= 0.3 is 0 Å². The Balaban J connectivity index is 2.47. The Labute approximate surface area is 120 Å². The normalized spacial score (nSPS) is 13.6. The molecular formula is C15H24N2OS. The largest absolute Gasteiger partial charge is 0.351 e. The van der Waals surface area contributed by atoms with Crippen LogP contribution in [-0.4, -0.2) is 36.5 Å². The molecular weight excluding hydrogens is 256 g/mol. The number of carbonyl (C=O) groups is 1. The summed E-state index contributed by atoms with van der Waals surface area (Å²) in [7, 11) is 0. The van der Waals surface area contributed by atoms with Gasteiger partial charge in [-0.05, 0) is 44.5 Å². The monoisotopic (exact) mass is 280 g/mol. The lowest BCUT2D eigenvalue weighted by Gasteiger charge is -2.26. The van der Waals surface area contributed by atoms with Gasteiger partial charge in [-0.15, -0.1) is 11.3 Å². The lowest BCUT2D eigenvalue weighted by Crippen LogP contribution is -2.42. The van der Waals surface area contributed by atoms with Crippen LogP contribution >= 0.6 is 11.3 Å². The standard InChI is InChI=1S/C15H24N2OS/c1-5-17(6-2)13(4)11-16-15(18)12(3)10-14-8-7-9-19-14/h7-10,13H,5-6,11H2,1-4H3,(H,16,18)/b12-10+. The highest BCUT2D eigenvalue weighted by molar-refractivity contribution is 7.10. The van der Waals surface area contributed by atoms with Crippen LogP contribution in [0.15, 0.2) is 23.1 Å². The number of hydrogen-bond donors (Lipinski definition) is 1. The van der Waals surface area contributed by atoms with Crippen molar-refractivity contribution in [2.24, 2.45) is 0 Å². The van der Waals surface area contributed by atoms with Crippen molar-refractivity contribution in [3.05, 3.63) is 28.0 Å². The number of rotatable bonds is 7. The minimum atomic E-state index is 0.0207. The zero-order valence-electron chi connectivity index (χ0n) is 12.3. The maximum atomic E-state index is 12.0. The molecule has 0 fully saturated rings. The average Bonchev–Trinajstić information content (AvgIpc) is 2.90. The Kier molecular flexibility index (Phi) is 6.81. The fourth-order valence-electron chi connectivity index (χ4n) is 2.01. The second-order valence-electron chi connectivity index (χ2n) is 4.62. The van der Waals surface area contributed by atoms with Gasteiger partial charge in [0.25, 0.3) is 0 Å². The lowest BCUT2D eigenvalue weighted by molar-refractivity contribution is -0.117. The van der Waals surface area contributed by atoms with Crippen LogP contribution < -0.4 is 5.32 Å². The van der Waals surface area contributed by atoms with Crippen molar-refractivity contribution in [3.63, 3.8) is 0 Å². The highest BCUT2D eigenvalue weighted by Crippen LogP contribution is 2.13. The molecule has 1 aromatic rings. The second-order valence-corrected chi connectivity index (χ2v) is 5.60. The molecule has 0 aromatic carbocycles. The zero-order chi connectivity index (χ0) is 14.3. The van der Waals surface area contributed by atoms with Crippen LogP contribution in [0.3, 0.4) is 0 Å². The third-order valence-electron chi connectivity index (χ3n) is 3.25. The van der Waals surface area contributed by atoms with Gasteiger partial charge in [0, 0.05) is 23.0 Å². The van der Waals surface area contributed by atoms with Crippen LogP contribution in [0.2, 0.25) is 0 Å². The van der Waals surface area contributed by atoms with Gasteiger partial charge in [0.05, 0.1) is 0 Å². The summed E-state index contributed by atoms with van der Waals surface area (Å²) in [4.78, 5) is 15.4. The molecule has 19 heavy (non-hydrogen) atoms. The lowest BCUT2D eigenvalue weighted by atomic mass is 10.2. The number of nitrogens with one attached hydrogen (secondary N) is 1. The van der Waals surface area contributed by atoms with Gasteiger partial charge in [-0.2, -0.15) is 0 Å². The zero-order valence-corrected chi connectivity index (χ0v) is 13.1. The molecule has 0 bridgehead atoms. The van der Waals surface area contributed by atoms with Gasteiger partial charge in [0.15, 0.2) is 0 Å². The molecule has 0 aliphatic rings. The number of likely N-dealkylation sites (N-methyl/N-ethyl adjacent to an activating group) is 1. The Morgan fingerprint density at radius 3 is 2.68 bits per heavy atom. The molecule has 1 rings (SSSR count). The molecule has 4 heteroatoms. The fourth-order valence-corrected chi connectivity index (χ4v) is 2.72. The van der Waals surface area contributed by atoms with E-state index in [4.69, 9.17) is 0 Å². The molecule has 0 saturated heterocycles. The van der Waals surface area contributed by atoms with E-state index in [0.717, 1.165) is 23.5 Å². The Hall–Kier alpha value is -1.13. The predicted octanol–water partition coefficient (Wildman–Crippen LogP) is 3.00. The first kappa shape index (κ1) is 15.9. The van der Waals surface area contributed by atoms with Crippen LogP contribution in [0.5, 0.6) is 0 Å². The van der Waals surface area contributed by atoms with E-state index in [1.54, 1.807) is 11.3 Å².